The maximum absolute atomic E-state index is 13.7. The first-order valence-electron chi connectivity index (χ1n) is 5.57. The standard InChI is InChI=1S/C14H15FN2O/c1-9-6-7-11(10(15)8-9)17-12-4-3-5-13(18-2)14(12)16/h3-8,17H,16H2,1-2H3. The van der Waals surface area contributed by atoms with Crippen molar-refractivity contribution < 1.29 is 9.13 Å². The molecule has 0 spiro atoms. The second-order valence-corrected chi connectivity index (χ2v) is 4.03. The van der Waals surface area contributed by atoms with Crippen molar-refractivity contribution in [2.75, 3.05) is 18.2 Å². The molecule has 94 valence electrons. The number of hydrogen-bond donors (Lipinski definition) is 2. The van der Waals surface area contributed by atoms with Gasteiger partial charge in [0.15, 0.2) is 0 Å². The number of anilines is 3. The molecule has 0 aliphatic carbocycles. The maximum Gasteiger partial charge on any atom is 0.146 e. The predicted octanol–water partition coefficient (Wildman–Crippen LogP) is 3.47. The van der Waals surface area contributed by atoms with E-state index in [0.717, 1.165) is 5.56 Å². The zero-order chi connectivity index (χ0) is 13.1. The van der Waals surface area contributed by atoms with E-state index >= 15 is 0 Å². The van der Waals surface area contributed by atoms with Gasteiger partial charge in [-0.05, 0) is 36.8 Å². The Labute approximate surface area is 105 Å². The average Bonchev–Trinajstić information content (AvgIpc) is 2.35. The Kier molecular flexibility index (Phi) is 3.37. The van der Waals surface area contributed by atoms with Gasteiger partial charge in [-0.15, -0.1) is 0 Å². The van der Waals surface area contributed by atoms with E-state index in [0.29, 0.717) is 22.8 Å². The molecule has 0 unspecified atom stereocenters. The predicted molar refractivity (Wildman–Crippen MR) is 71.8 cm³/mol. The number of nitrogen functional groups attached to an aromatic ring is 1. The molecule has 0 bridgehead atoms. The minimum atomic E-state index is -0.308. The minimum Gasteiger partial charge on any atom is -0.495 e. The van der Waals surface area contributed by atoms with Crippen LogP contribution < -0.4 is 15.8 Å². The molecule has 18 heavy (non-hydrogen) atoms. The van der Waals surface area contributed by atoms with Crippen molar-refractivity contribution in [3.05, 3.63) is 47.8 Å². The number of ether oxygens (including phenoxy) is 1. The topological polar surface area (TPSA) is 47.3 Å². The number of rotatable bonds is 3. The number of nitrogens with two attached hydrogens (primary N) is 1. The zero-order valence-corrected chi connectivity index (χ0v) is 10.3. The number of hydrogen-bond acceptors (Lipinski definition) is 3. The van der Waals surface area contributed by atoms with Crippen molar-refractivity contribution in [3.8, 4) is 5.75 Å². The maximum atomic E-state index is 13.7. The van der Waals surface area contributed by atoms with Gasteiger partial charge in [-0.25, -0.2) is 4.39 Å². The minimum absolute atomic E-state index is 0.308. The second-order valence-electron chi connectivity index (χ2n) is 4.03. The third-order valence-corrected chi connectivity index (χ3v) is 2.68. The average molecular weight is 246 g/mol. The Balaban J connectivity index is 2.34. The highest BCUT2D eigenvalue weighted by Crippen LogP contribution is 2.32. The molecule has 0 radical (unpaired) electrons. The molecule has 3 N–H and O–H groups in total. The van der Waals surface area contributed by atoms with Gasteiger partial charge in [-0.1, -0.05) is 12.1 Å². The van der Waals surface area contributed by atoms with Crippen LogP contribution in [0.25, 0.3) is 0 Å². The van der Waals surface area contributed by atoms with Gasteiger partial charge in [0.2, 0.25) is 0 Å². The normalized spacial score (nSPS) is 10.2. The molecule has 0 atom stereocenters. The van der Waals surface area contributed by atoms with Gasteiger partial charge < -0.3 is 15.8 Å². The van der Waals surface area contributed by atoms with Crippen LogP contribution in [0.1, 0.15) is 5.56 Å². The Morgan fingerprint density at radius 1 is 1.17 bits per heavy atom. The summed E-state index contributed by atoms with van der Waals surface area (Å²) in [4.78, 5) is 0. The lowest BCUT2D eigenvalue weighted by atomic mass is 10.2. The number of methoxy groups -OCH3 is 1. The summed E-state index contributed by atoms with van der Waals surface area (Å²) in [6.07, 6.45) is 0. The van der Waals surface area contributed by atoms with Crippen molar-refractivity contribution in [1.82, 2.24) is 0 Å². The summed E-state index contributed by atoms with van der Waals surface area (Å²) in [5, 5.41) is 2.96. The van der Waals surface area contributed by atoms with Crippen LogP contribution in [-0.4, -0.2) is 7.11 Å². The van der Waals surface area contributed by atoms with Crippen molar-refractivity contribution in [1.29, 1.82) is 0 Å². The van der Waals surface area contributed by atoms with Crippen molar-refractivity contribution in [2.24, 2.45) is 0 Å². The molecule has 0 amide bonds. The Morgan fingerprint density at radius 2 is 1.94 bits per heavy atom. The molecule has 4 heteroatoms. The first kappa shape index (κ1) is 12.2. The van der Waals surface area contributed by atoms with Crippen LogP contribution in [0.3, 0.4) is 0 Å². The third kappa shape index (κ3) is 2.37. The highest BCUT2D eigenvalue weighted by molar-refractivity contribution is 5.77. The van der Waals surface area contributed by atoms with Crippen LogP contribution in [0.4, 0.5) is 21.5 Å². The van der Waals surface area contributed by atoms with Crippen LogP contribution in [0, 0.1) is 12.7 Å². The third-order valence-electron chi connectivity index (χ3n) is 2.68. The van der Waals surface area contributed by atoms with Gasteiger partial charge in [0.1, 0.15) is 11.6 Å². The number of benzene rings is 2. The lowest BCUT2D eigenvalue weighted by Gasteiger charge is -2.13. The van der Waals surface area contributed by atoms with E-state index in [4.69, 9.17) is 10.5 Å². The molecule has 0 fully saturated rings. The molecule has 0 aliphatic heterocycles. The van der Waals surface area contributed by atoms with E-state index < -0.39 is 0 Å². The van der Waals surface area contributed by atoms with Crippen LogP contribution >= 0.6 is 0 Å². The van der Waals surface area contributed by atoms with Gasteiger partial charge in [-0.3, -0.25) is 0 Å². The smallest absolute Gasteiger partial charge is 0.146 e. The first-order chi connectivity index (χ1) is 8.61. The van der Waals surface area contributed by atoms with E-state index in [-0.39, 0.29) is 5.82 Å². The number of para-hydroxylation sites is 1. The second kappa shape index (κ2) is 4.96. The van der Waals surface area contributed by atoms with Crippen molar-refractivity contribution >= 4 is 17.1 Å². The molecule has 2 aromatic rings. The summed E-state index contributed by atoms with van der Waals surface area (Å²) in [6, 6.07) is 10.3. The van der Waals surface area contributed by atoms with Gasteiger partial charge in [-0.2, -0.15) is 0 Å². The molecular formula is C14H15FN2O. The summed E-state index contributed by atoms with van der Waals surface area (Å²) in [6.45, 7) is 1.84. The molecule has 0 saturated carbocycles. The van der Waals surface area contributed by atoms with Crippen LogP contribution in [0.2, 0.25) is 0 Å². The van der Waals surface area contributed by atoms with E-state index in [1.54, 1.807) is 31.4 Å². The fourth-order valence-electron chi connectivity index (χ4n) is 1.70. The van der Waals surface area contributed by atoms with E-state index in [2.05, 4.69) is 5.32 Å². The number of halogens is 1. The summed E-state index contributed by atoms with van der Waals surface area (Å²) in [5.74, 6) is 0.254. The summed E-state index contributed by atoms with van der Waals surface area (Å²) in [5.41, 5.74) is 8.25. The van der Waals surface area contributed by atoms with E-state index in [1.807, 2.05) is 13.0 Å². The molecule has 3 nitrogen and oxygen atoms in total. The van der Waals surface area contributed by atoms with Crippen molar-refractivity contribution in [2.45, 2.75) is 6.92 Å². The summed E-state index contributed by atoms with van der Waals surface area (Å²) in [7, 11) is 1.54. The van der Waals surface area contributed by atoms with Crippen LogP contribution in [0.15, 0.2) is 36.4 Å². The SMILES string of the molecule is COc1cccc(Nc2ccc(C)cc2F)c1N. The van der Waals surface area contributed by atoms with E-state index in [9.17, 15) is 4.39 Å². The largest absolute Gasteiger partial charge is 0.495 e. The molecule has 0 aliphatic rings. The molecule has 0 saturated heterocycles. The molecule has 2 rings (SSSR count). The van der Waals surface area contributed by atoms with Crippen LogP contribution in [0.5, 0.6) is 5.75 Å². The molecule has 0 aromatic heterocycles. The zero-order valence-electron chi connectivity index (χ0n) is 10.3. The summed E-state index contributed by atoms with van der Waals surface area (Å²) >= 11 is 0. The number of aryl methyl sites for hydroxylation is 1. The highest BCUT2D eigenvalue weighted by atomic mass is 19.1. The fourth-order valence-corrected chi connectivity index (χ4v) is 1.70. The Morgan fingerprint density at radius 3 is 2.61 bits per heavy atom. The first-order valence-corrected chi connectivity index (χ1v) is 5.57. The van der Waals surface area contributed by atoms with Gasteiger partial charge >= 0.3 is 0 Å². The quantitative estimate of drug-likeness (QED) is 0.815. The van der Waals surface area contributed by atoms with Gasteiger partial charge in [0.25, 0.3) is 0 Å². The monoisotopic (exact) mass is 246 g/mol. The lowest BCUT2D eigenvalue weighted by molar-refractivity contribution is 0.417. The Hall–Kier alpha value is -2.23. The van der Waals surface area contributed by atoms with Gasteiger partial charge in [0.05, 0.1) is 24.2 Å². The molecular weight excluding hydrogens is 231 g/mol. The van der Waals surface area contributed by atoms with Gasteiger partial charge in [0, 0.05) is 0 Å². The summed E-state index contributed by atoms with van der Waals surface area (Å²) < 4.78 is 18.8. The lowest BCUT2D eigenvalue weighted by Crippen LogP contribution is -2.00. The van der Waals surface area contributed by atoms with Crippen LogP contribution in [-0.2, 0) is 0 Å². The highest BCUT2D eigenvalue weighted by Gasteiger charge is 2.07. The van der Waals surface area contributed by atoms with Crippen molar-refractivity contribution in [3.63, 3.8) is 0 Å². The fraction of sp³-hybridized carbons (Fsp3) is 0.143. The Bertz CT molecular complexity index is 570. The molecule has 2 aromatic carbocycles. The van der Waals surface area contributed by atoms with E-state index in [1.165, 1.54) is 6.07 Å². The number of nitrogens with one attached hydrogen (secondary N) is 1. The molecule has 0 heterocycles.